The Balaban J connectivity index is 1.49. The molecule has 0 bridgehead atoms. The molecule has 2 aromatic carbocycles. The molecule has 7 heteroatoms. The number of piperazine rings is 1. The van der Waals surface area contributed by atoms with E-state index in [1.54, 1.807) is 12.1 Å². The zero-order chi connectivity index (χ0) is 17.9. The van der Waals surface area contributed by atoms with E-state index in [1.807, 2.05) is 46.2 Å². The van der Waals surface area contributed by atoms with E-state index in [-0.39, 0.29) is 11.4 Å². The zero-order valence-corrected chi connectivity index (χ0v) is 14.1. The highest BCUT2D eigenvalue weighted by atomic mass is 19.1. The van der Waals surface area contributed by atoms with Gasteiger partial charge in [0.1, 0.15) is 5.82 Å². The molecule has 2 heterocycles. The van der Waals surface area contributed by atoms with E-state index in [1.165, 1.54) is 6.07 Å². The van der Waals surface area contributed by atoms with Crippen LogP contribution in [0.2, 0.25) is 0 Å². The van der Waals surface area contributed by atoms with Gasteiger partial charge in [0.15, 0.2) is 5.69 Å². The van der Waals surface area contributed by atoms with Crippen LogP contribution in [0.4, 0.5) is 16.0 Å². The summed E-state index contributed by atoms with van der Waals surface area (Å²) in [7, 11) is 0. The first-order valence-corrected chi connectivity index (χ1v) is 8.49. The maximum Gasteiger partial charge on any atom is 0.279 e. The third-order valence-electron chi connectivity index (χ3n) is 4.50. The average molecular weight is 351 g/mol. The van der Waals surface area contributed by atoms with Gasteiger partial charge in [-0.1, -0.05) is 42.5 Å². The molecule has 4 rings (SSSR count). The van der Waals surface area contributed by atoms with Crippen LogP contribution >= 0.6 is 0 Å². The van der Waals surface area contributed by atoms with Crippen LogP contribution in [0, 0.1) is 5.82 Å². The first kappa shape index (κ1) is 16.3. The SMILES string of the molecule is O=c1[nH]c(N2CCN(c3ccccc3F)CC2)nnc1-c1ccccc1. The van der Waals surface area contributed by atoms with Crippen LogP contribution in [0.3, 0.4) is 0 Å². The van der Waals surface area contributed by atoms with Gasteiger partial charge in [-0.15, -0.1) is 10.2 Å². The number of aromatic nitrogens is 3. The van der Waals surface area contributed by atoms with Crippen LogP contribution in [0.25, 0.3) is 11.3 Å². The molecule has 0 saturated carbocycles. The van der Waals surface area contributed by atoms with Gasteiger partial charge in [0.25, 0.3) is 5.56 Å². The third-order valence-corrected chi connectivity index (χ3v) is 4.50. The summed E-state index contributed by atoms with van der Waals surface area (Å²) >= 11 is 0. The fraction of sp³-hybridized carbons (Fsp3) is 0.211. The molecule has 0 unspecified atom stereocenters. The van der Waals surface area contributed by atoms with Gasteiger partial charge in [0.2, 0.25) is 5.95 Å². The van der Waals surface area contributed by atoms with Crippen LogP contribution in [0.1, 0.15) is 0 Å². The number of halogens is 1. The molecular weight excluding hydrogens is 333 g/mol. The van der Waals surface area contributed by atoms with Crippen molar-refractivity contribution in [3.8, 4) is 11.3 Å². The first-order valence-electron chi connectivity index (χ1n) is 8.49. The fourth-order valence-corrected chi connectivity index (χ4v) is 3.12. The molecule has 1 aliphatic heterocycles. The number of para-hydroxylation sites is 1. The molecule has 1 N–H and O–H groups in total. The molecule has 6 nitrogen and oxygen atoms in total. The number of H-pyrrole nitrogens is 1. The van der Waals surface area contributed by atoms with Crippen molar-refractivity contribution in [3.63, 3.8) is 0 Å². The number of rotatable bonds is 3. The van der Waals surface area contributed by atoms with Gasteiger partial charge in [0, 0.05) is 31.7 Å². The normalized spacial score (nSPS) is 14.5. The largest absolute Gasteiger partial charge is 0.366 e. The average Bonchev–Trinajstić information content (AvgIpc) is 2.69. The van der Waals surface area contributed by atoms with Gasteiger partial charge in [-0.05, 0) is 12.1 Å². The molecule has 1 fully saturated rings. The Morgan fingerprint density at radius 2 is 1.50 bits per heavy atom. The molecule has 0 aliphatic carbocycles. The Kier molecular flexibility index (Phi) is 4.35. The van der Waals surface area contributed by atoms with Gasteiger partial charge >= 0.3 is 0 Å². The van der Waals surface area contributed by atoms with Gasteiger partial charge in [-0.3, -0.25) is 9.78 Å². The molecule has 3 aromatic rings. The molecule has 132 valence electrons. The lowest BCUT2D eigenvalue weighted by molar-refractivity contribution is 0.592. The van der Waals surface area contributed by atoms with Gasteiger partial charge < -0.3 is 9.80 Å². The van der Waals surface area contributed by atoms with Gasteiger partial charge in [-0.2, -0.15) is 0 Å². The summed E-state index contributed by atoms with van der Waals surface area (Å²) in [5.74, 6) is 0.226. The summed E-state index contributed by atoms with van der Waals surface area (Å²) < 4.78 is 13.9. The van der Waals surface area contributed by atoms with Gasteiger partial charge in [-0.25, -0.2) is 4.39 Å². The predicted molar refractivity (Wildman–Crippen MR) is 98.9 cm³/mol. The van der Waals surface area contributed by atoms with E-state index in [2.05, 4.69) is 15.2 Å². The van der Waals surface area contributed by atoms with E-state index in [0.29, 0.717) is 43.5 Å². The molecule has 26 heavy (non-hydrogen) atoms. The van der Waals surface area contributed by atoms with Crippen molar-refractivity contribution in [1.82, 2.24) is 15.2 Å². The standard InChI is InChI=1S/C19H18FN5O/c20-15-8-4-5-9-16(15)24-10-12-25(13-11-24)19-21-18(26)17(22-23-19)14-6-2-1-3-7-14/h1-9H,10-13H2,(H,21,23,26). The number of nitrogens with one attached hydrogen (secondary N) is 1. The highest BCUT2D eigenvalue weighted by molar-refractivity contribution is 5.57. The fourth-order valence-electron chi connectivity index (χ4n) is 3.12. The second-order valence-electron chi connectivity index (χ2n) is 6.12. The zero-order valence-electron chi connectivity index (χ0n) is 14.1. The Morgan fingerprint density at radius 1 is 0.846 bits per heavy atom. The lowest BCUT2D eigenvalue weighted by Gasteiger charge is -2.36. The van der Waals surface area contributed by atoms with Crippen molar-refractivity contribution in [2.24, 2.45) is 0 Å². The molecular formula is C19H18FN5O. The summed E-state index contributed by atoms with van der Waals surface area (Å²) in [6, 6.07) is 16.0. The lowest BCUT2D eigenvalue weighted by atomic mass is 10.2. The Bertz CT molecular complexity index is 951. The number of nitrogens with zero attached hydrogens (tertiary/aromatic N) is 4. The quantitative estimate of drug-likeness (QED) is 0.784. The van der Waals surface area contributed by atoms with Crippen LogP contribution in [-0.4, -0.2) is 41.4 Å². The van der Waals surface area contributed by atoms with Crippen molar-refractivity contribution in [2.45, 2.75) is 0 Å². The second-order valence-corrected chi connectivity index (χ2v) is 6.12. The molecule has 0 amide bonds. The molecule has 1 saturated heterocycles. The topological polar surface area (TPSA) is 65.1 Å². The van der Waals surface area contributed by atoms with E-state index >= 15 is 0 Å². The first-order chi connectivity index (χ1) is 12.7. The maximum absolute atomic E-state index is 13.9. The number of hydrogen-bond acceptors (Lipinski definition) is 5. The van der Waals surface area contributed by atoms with Crippen molar-refractivity contribution < 1.29 is 4.39 Å². The molecule has 0 spiro atoms. The summed E-state index contributed by atoms with van der Waals surface area (Å²) in [6.45, 7) is 2.55. The van der Waals surface area contributed by atoms with Crippen LogP contribution in [0.15, 0.2) is 59.4 Å². The summed E-state index contributed by atoms with van der Waals surface area (Å²) in [4.78, 5) is 19.1. The van der Waals surface area contributed by atoms with Crippen molar-refractivity contribution in [1.29, 1.82) is 0 Å². The van der Waals surface area contributed by atoms with Crippen LogP contribution < -0.4 is 15.4 Å². The smallest absolute Gasteiger partial charge is 0.279 e. The third kappa shape index (κ3) is 3.15. The van der Waals surface area contributed by atoms with Crippen LogP contribution in [-0.2, 0) is 0 Å². The molecule has 1 aromatic heterocycles. The van der Waals surface area contributed by atoms with E-state index < -0.39 is 0 Å². The van der Waals surface area contributed by atoms with E-state index in [4.69, 9.17) is 0 Å². The highest BCUT2D eigenvalue weighted by Crippen LogP contribution is 2.21. The van der Waals surface area contributed by atoms with E-state index in [0.717, 1.165) is 5.56 Å². The van der Waals surface area contributed by atoms with Crippen molar-refractivity contribution >= 4 is 11.6 Å². The minimum absolute atomic E-state index is 0.221. The summed E-state index contributed by atoms with van der Waals surface area (Å²) in [5, 5.41) is 8.29. The Morgan fingerprint density at radius 3 is 2.19 bits per heavy atom. The van der Waals surface area contributed by atoms with Crippen LogP contribution in [0.5, 0.6) is 0 Å². The van der Waals surface area contributed by atoms with Gasteiger partial charge in [0.05, 0.1) is 5.69 Å². The molecule has 1 aliphatic rings. The predicted octanol–water partition coefficient (Wildman–Crippen LogP) is 2.30. The second kappa shape index (κ2) is 6.95. The molecule has 0 atom stereocenters. The maximum atomic E-state index is 13.9. The number of hydrogen-bond donors (Lipinski definition) is 1. The molecule has 0 radical (unpaired) electrons. The minimum Gasteiger partial charge on any atom is -0.366 e. The summed E-state index contributed by atoms with van der Waals surface area (Å²) in [5.41, 5.74) is 1.38. The van der Waals surface area contributed by atoms with Crippen molar-refractivity contribution in [3.05, 3.63) is 70.8 Å². The number of aromatic amines is 1. The monoisotopic (exact) mass is 351 g/mol. The Labute approximate surface area is 149 Å². The minimum atomic E-state index is -0.266. The number of anilines is 2. The number of benzene rings is 2. The van der Waals surface area contributed by atoms with Crippen molar-refractivity contribution in [2.75, 3.05) is 36.0 Å². The Hall–Kier alpha value is -3.22. The summed E-state index contributed by atoms with van der Waals surface area (Å²) in [6.07, 6.45) is 0. The lowest BCUT2D eigenvalue weighted by Crippen LogP contribution is -2.47. The van der Waals surface area contributed by atoms with E-state index in [9.17, 15) is 9.18 Å². The highest BCUT2D eigenvalue weighted by Gasteiger charge is 2.21.